The lowest BCUT2D eigenvalue weighted by molar-refractivity contribution is 0.653. The lowest BCUT2D eigenvalue weighted by atomic mass is 9.97. The van der Waals surface area contributed by atoms with Gasteiger partial charge in [-0.15, -0.1) is 0 Å². The maximum Gasteiger partial charge on any atom is 0.231 e. The van der Waals surface area contributed by atoms with Gasteiger partial charge in [-0.25, -0.2) is 19.9 Å². The van der Waals surface area contributed by atoms with Crippen molar-refractivity contribution in [3.05, 3.63) is 188 Å². The molecule has 0 fully saturated rings. The number of para-hydroxylation sites is 1. The number of hydrogen-bond acceptors (Lipinski definition) is 6. The highest BCUT2D eigenvalue weighted by atomic mass is 16.3. The molecule has 55 heavy (non-hydrogen) atoms. The summed E-state index contributed by atoms with van der Waals surface area (Å²) in [7, 11) is 0. The predicted molar refractivity (Wildman–Crippen MR) is 221 cm³/mol. The molecule has 6 nitrogen and oxygen atoms in total. The van der Waals surface area contributed by atoms with Crippen LogP contribution in [0, 0.1) is 0 Å². The maximum atomic E-state index is 6.28. The summed E-state index contributed by atoms with van der Waals surface area (Å²) >= 11 is 0. The van der Waals surface area contributed by atoms with E-state index in [4.69, 9.17) is 29.3 Å². The van der Waals surface area contributed by atoms with E-state index in [1.807, 2.05) is 97.1 Å². The second-order valence-electron chi connectivity index (χ2n) is 13.3. The first-order valence-corrected chi connectivity index (χ1v) is 18.2. The molecule has 258 valence electrons. The minimum absolute atomic E-state index is 0.575. The van der Waals surface area contributed by atoms with Crippen LogP contribution in [-0.4, -0.2) is 24.9 Å². The van der Waals surface area contributed by atoms with Crippen molar-refractivity contribution < 1.29 is 4.42 Å². The molecule has 0 aliphatic rings. The van der Waals surface area contributed by atoms with Crippen LogP contribution in [0.3, 0.4) is 0 Å². The molecule has 3 aromatic heterocycles. The van der Waals surface area contributed by atoms with Crippen LogP contribution < -0.4 is 0 Å². The normalized spacial score (nSPS) is 11.3. The zero-order valence-electron chi connectivity index (χ0n) is 29.5. The van der Waals surface area contributed by atoms with E-state index >= 15 is 0 Å². The average Bonchev–Trinajstić information content (AvgIpc) is 3.66. The predicted octanol–water partition coefficient (Wildman–Crippen LogP) is 12.2. The molecule has 0 saturated heterocycles. The molecule has 0 spiro atoms. The Kier molecular flexibility index (Phi) is 8.04. The second-order valence-corrected chi connectivity index (χ2v) is 13.3. The summed E-state index contributed by atoms with van der Waals surface area (Å²) in [5, 5.41) is 1.92. The molecule has 6 heteroatoms. The van der Waals surface area contributed by atoms with Crippen molar-refractivity contribution in [1.82, 2.24) is 24.9 Å². The zero-order chi connectivity index (χ0) is 36.6. The Labute approximate surface area is 317 Å². The van der Waals surface area contributed by atoms with Crippen LogP contribution in [0.15, 0.2) is 192 Å². The first-order valence-electron chi connectivity index (χ1n) is 18.2. The summed E-state index contributed by atoms with van der Waals surface area (Å²) in [5.41, 5.74) is 11.3. The van der Waals surface area contributed by atoms with Crippen LogP contribution in [0.2, 0.25) is 0 Å². The van der Waals surface area contributed by atoms with Gasteiger partial charge >= 0.3 is 0 Å². The molecule has 0 unspecified atom stereocenters. The number of hydrogen-bond donors (Lipinski definition) is 0. The number of benzene rings is 7. The topological polar surface area (TPSA) is 77.6 Å². The molecule has 0 amide bonds. The highest BCUT2D eigenvalue weighted by molar-refractivity contribution is 6.10. The van der Waals surface area contributed by atoms with Crippen molar-refractivity contribution in [2.45, 2.75) is 0 Å². The Bertz CT molecular complexity index is 2900. The lowest BCUT2D eigenvalue weighted by Gasteiger charge is -2.10. The molecule has 7 aromatic carbocycles. The highest BCUT2D eigenvalue weighted by Gasteiger charge is 2.18. The summed E-state index contributed by atoms with van der Waals surface area (Å²) in [6.07, 6.45) is 0. The van der Waals surface area contributed by atoms with E-state index in [1.165, 1.54) is 0 Å². The third kappa shape index (κ3) is 6.22. The summed E-state index contributed by atoms with van der Waals surface area (Å²) in [6.45, 7) is 0. The number of nitrogens with zero attached hydrogens (tertiary/aromatic N) is 5. The van der Waals surface area contributed by atoms with Crippen LogP contribution in [0.1, 0.15) is 0 Å². The van der Waals surface area contributed by atoms with E-state index < -0.39 is 0 Å². The first kappa shape index (κ1) is 32.1. The molecule has 0 N–H and O–H groups in total. The molecule has 0 radical (unpaired) electrons. The third-order valence-corrected chi connectivity index (χ3v) is 9.78. The Hall–Kier alpha value is -7.57. The summed E-state index contributed by atoms with van der Waals surface area (Å²) < 4.78 is 6.28. The Morgan fingerprint density at radius 1 is 0.291 bits per heavy atom. The van der Waals surface area contributed by atoms with Gasteiger partial charge in [-0.1, -0.05) is 170 Å². The van der Waals surface area contributed by atoms with Gasteiger partial charge < -0.3 is 4.42 Å². The van der Waals surface area contributed by atoms with Gasteiger partial charge in [-0.3, -0.25) is 0 Å². The first-order chi connectivity index (χ1) is 27.2. The molecule has 0 aliphatic heterocycles. The summed E-state index contributed by atoms with van der Waals surface area (Å²) in [4.78, 5) is 24.7. The van der Waals surface area contributed by atoms with Crippen LogP contribution in [0.25, 0.3) is 101 Å². The average molecular weight is 706 g/mol. The third-order valence-electron chi connectivity index (χ3n) is 9.78. The minimum Gasteiger partial charge on any atom is -0.438 e. The smallest absolute Gasteiger partial charge is 0.231 e. The lowest BCUT2D eigenvalue weighted by Crippen LogP contribution is -2.00. The monoisotopic (exact) mass is 705 g/mol. The largest absolute Gasteiger partial charge is 0.438 e. The van der Waals surface area contributed by atoms with Crippen molar-refractivity contribution in [3.8, 4) is 79.1 Å². The van der Waals surface area contributed by atoms with Crippen molar-refractivity contribution in [2.75, 3.05) is 0 Å². The van der Waals surface area contributed by atoms with Crippen molar-refractivity contribution >= 4 is 22.1 Å². The fraction of sp³-hybridized carbons (Fsp3) is 0. The fourth-order valence-electron chi connectivity index (χ4n) is 7.02. The second kappa shape index (κ2) is 13.8. The molecule has 0 saturated carbocycles. The molecular weight excluding hydrogens is 675 g/mol. The number of furan rings is 1. The van der Waals surface area contributed by atoms with E-state index in [0.717, 1.165) is 72.1 Å². The van der Waals surface area contributed by atoms with Gasteiger partial charge in [0.2, 0.25) is 5.71 Å². The Morgan fingerprint density at radius 3 is 1.31 bits per heavy atom. The number of fused-ring (bicyclic) bond motifs is 3. The zero-order valence-corrected chi connectivity index (χ0v) is 29.5. The van der Waals surface area contributed by atoms with E-state index in [1.54, 1.807) is 0 Å². The minimum atomic E-state index is 0.575. The Morgan fingerprint density at radius 2 is 0.709 bits per heavy atom. The number of aromatic nitrogens is 5. The Balaban J connectivity index is 0.990. The summed E-state index contributed by atoms with van der Waals surface area (Å²) in [6, 6.07) is 63.7. The van der Waals surface area contributed by atoms with E-state index in [9.17, 15) is 0 Å². The van der Waals surface area contributed by atoms with Crippen LogP contribution >= 0.6 is 0 Å². The summed E-state index contributed by atoms with van der Waals surface area (Å²) in [5.74, 6) is 2.52. The molecule has 0 atom stereocenters. The molecule has 3 heterocycles. The van der Waals surface area contributed by atoms with E-state index in [0.29, 0.717) is 29.0 Å². The van der Waals surface area contributed by atoms with Gasteiger partial charge in [0.15, 0.2) is 23.3 Å². The standard InChI is InChI=1S/C49H31N5O/c1-4-14-33(15-5-1)44-43-41-24-10-11-25-42(41)55-49(43)54-48(50-44)40-23-13-22-39(31-40)38-21-12-20-37(30-38)32-26-28-36(29-27-32)47-52-45(34-16-6-2-7-17-34)51-46(53-47)35-18-8-3-9-19-35/h1-31H. The van der Waals surface area contributed by atoms with Gasteiger partial charge in [-0.2, -0.15) is 4.98 Å². The van der Waals surface area contributed by atoms with Crippen LogP contribution in [0.4, 0.5) is 0 Å². The van der Waals surface area contributed by atoms with E-state index in [2.05, 4.69) is 91.0 Å². The fourth-order valence-corrected chi connectivity index (χ4v) is 7.02. The van der Waals surface area contributed by atoms with Gasteiger partial charge in [0.05, 0.1) is 11.1 Å². The van der Waals surface area contributed by atoms with Crippen molar-refractivity contribution in [1.29, 1.82) is 0 Å². The SMILES string of the molecule is c1ccc(-c2nc(-c3ccccc3)nc(-c3ccc(-c4cccc(-c5cccc(-c6nc(-c7ccccc7)c7c(n6)oc6ccccc67)c5)c4)cc3)n2)cc1. The van der Waals surface area contributed by atoms with Crippen LogP contribution in [-0.2, 0) is 0 Å². The van der Waals surface area contributed by atoms with Gasteiger partial charge in [-0.05, 0) is 40.5 Å². The highest BCUT2D eigenvalue weighted by Crippen LogP contribution is 2.37. The number of rotatable bonds is 7. The van der Waals surface area contributed by atoms with Crippen LogP contribution in [0.5, 0.6) is 0 Å². The molecule has 10 rings (SSSR count). The van der Waals surface area contributed by atoms with Crippen molar-refractivity contribution in [2.24, 2.45) is 0 Å². The molecule has 10 aromatic rings. The van der Waals surface area contributed by atoms with Gasteiger partial charge in [0.25, 0.3) is 0 Å². The van der Waals surface area contributed by atoms with Gasteiger partial charge in [0, 0.05) is 33.2 Å². The molecule has 0 aliphatic carbocycles. The molecular formula is C49H31N5O. The van der Waals surface area contributed by atoms with Gasteiger partial charge in [0.1, 0.15) is 5.58 Å². The quantitative estimate of drug-likeness (QED) is 0.164. The molecule has 0 bridgehead atoms. The maximum absolute atomic E-state index is 6.28. The van der Waals surface area contributed by atoms with E-state index in [-0.39, 0.29) is 0 Å². The van der Waals surface area contributed by atoms with Crippen molar-refractivity contribution in [3.63, 3.8) is 0 Å².